The zero-order valence-electron chi connectivity index (χ0n) is 16.5. The molecule has 1 aromatic rings. The number of rotatable bonds is 5. The Bertz CT molecular complexity index is 831. The van der Waals surface area contributed by atoms with E-state index in [-0.39, 0.29) is 24.8 Å². The average molecular weight is 407 g/mol. The second kappa shape index (κ2) is 7.34. The number of carbonyl (C=O) groups excluding carboxylic acids is 2. The first-order chi connectivity index (χ1) is 13.8. The maximum absolute atomic E-state index is 13.9. The van der Waals surface area contributed by atoms with Gasteiger partial charge < -0.3 is 19.7 Å². The van der Waals surface area contributed by atoms with E-state index in [0.29, 0.717) is 24.9 Å². The molecule has 2 N–H and O–H groups in total. The van der Waals surface area contributed by atoms with Gasteiger partial charge in [-0.2, -0.15) is 0 Å². The summed E-state index contributed by atoms with van der Waals surface area (Å²) in [6, 6.07) is 3.95. The molecule has 2 saturated heterocycles. The number of fused-ring (bicyclic) bond motifs is 3. The van der Waals surface area contributed by atoms with Crippen molar-refractivity contribution >= 4 is 11.8 Å². The predicted octanol–water partition coefficient (Wildman–Crippen LogP) is 1.97. The van der Waals surface area contributed by atoms with Gasteiger partial charge in [0.1, 0.15) is 0 Å². The molecule has 7 nitrogen and oxygen atoms in total. The van der Waals surface area contributed by atoms with Crippen molar-refractivity contribution in [1.29, 1.82) is 0 Å². The molecule has 0 radical (unpaired) electrons. The van der Waals surface area contributed by atoms with E-state index in [1.165, 1.54) is 30.2 Å². The Balaban J connectivity index is 1.70. The molecule has 8 heteroatoms. The first-order valence-corrected chi connectivity index (χ1v) is 10.0. The van der Waals surface area contributed by atoms with Crippen LogP contribution in [0.1, 0.15) is 37.9 Å². The number of likely N-dealkylation sites (tertiary alicyclic amines) is 1. The van der Waals surface area contributed by atoms with Crippen molar-refractivity contribution < 1.29 is 33.7 Å². The second-order valence-corrected chi connectivity index (χ2v) is 8.26. The SMILES string of the molecule is CCCN1C(=O)[C@H]2[C@H](C[C@H](COC)[C@@]3(O)O[C@H](c4ccc(O)c(F)c4)C[C@@H]23)C1=O. The van der Waals surface area contributed by atoms with Gasteiger partial charge in [-0.15, -0.1) is 0 Å². The standard InChI is InChI=1S/C21H26FNO6/c1-3-6-23-19(25)13-8-12(10-28-2)21(27)14(18(13)20(23)26)9-17(29-21)11-4-5-16(24)15(22)7-11/h4-5,7,12-14,17-18,24,27H,3,6,8-10H2,1-2H3/t12-,13+,14+,17+,18+,21-/m1/s1. The highest BCUT2D eigenvalue weighted by molar-refractivity contribution is 6.05. The fraction of sp³-hybridized carbons (Fsp3) is 0.619. The maximum Gasteiger partial charge on any atom is 0.233 e. The van der Waals surface area contributed by atoms with Gasteiger partial charge in [0.25, 0.3) is 0 Å². The fourth-order valence-electron chi connectivity index (χ4n) is 5.32. The number of hydrogen-bond donors (Lipinski definition) is 2. The molecule has 0 bridgehead atoms. The maximum atomic E-state index is 13.9. The lowest BCUT2D eigenvalue weighted by Gasteiger charge is -2.44. The molecule has 3 fully saturated rings. The second-order valence-electron chi connectivity index (χ2n) is 8.26. The predicted molar refractivity (Wildman–Crippen MR) is 98.9 cm³/mol. The van der Waals surface area contributed by atoms with Crippen molar-refractivity contribution in [3.63, 3.8) is 0 Å². The third-order valence-corrected chi connectivity index (χ3v) is 6.61. The van der Waals surface area contributed by atoms with Gasteiger partial charge in [-0.25, -0.2) is 4.39 Å². The summed E-state index contributed by atoms with van der Waals surface area (Å²) in [5.41, 5.74) is 0.470. The Labute approximate surface area is 168 Å². The Hall–Kier alpha value is -2.03. The van der Waals surface area contributed by atoms with Gasteiger partial charge in [-0.3, -0.25) is 14.5 Å². The number of phenols is 1. The lowest BCUT2D eigenvalue weighted by Crippen LogP contribution is -2.54. The number of carbonyl (C=O) groups is 2. The molecular weight excluding hydrogens is 381 g/mol. The van der Waals surface area contributed by atoms with Crippen LogP contribution in [0, 0.1) is 29.5 Å². The van der Waals surface area contributed by atoms with E-state index in [2.05, 4.69) is 0 Å². The minimum atomic E-state index is -1.64. The highest BCUT2D eigenvalue weighted by Gasteiger charge is 2.66. The van der Waals surface area contributed by atoms with Crippen LogP contribution in [-0.4, -0.2) is 53.0 Å². The summed E-state index contributed by atoms with van der Waals surface area (Å²) in [6.45, 7) is 2.45. The van der Waals surface area contributed by atoms with Gasteiger partial charge in [0, 0.05) is 25.5 Å². The van der Waals surface area contributed by atoms with Crippen LogP contribution in [0.2, 0.25) is 0 Å². The molecule has 4 rings (SSSR count). The summed E-state index contributed by atoms with van der Waals surface area (Å²) < 4.78 is 25.2. The first kappa shape index (κ1) is 20.3. The number of methoxy groups -OCH3 is 1. The van der Waals surface area contributed by atoms with E-state index in [4.69, 9.17) is 9.47 Å². The molecule has 1 aromatic carbocycles. The summed E-state index contributed by atoms with van der Waals surface area (Å²) in [4.78, 5) is 27.2. The van der Waals surface area contributed by atoms with Crippen LogP contribution in [0.15, 0.2) is 18.2 Å². The first-order valence-electron chi connectivity index (χ1n) is 10.0. The average Bonchev–Trinajstić information content (AvgIpc) is 3.15. The Kier molecular flexibility index (Phi) is 5.13. The van der Waals surface area contributed by atoms with Gasteiger partial charge >= 0.3 is 0 Å². The van der Waals surface area contributed by atoms with Crippen LogP contribution in [-0.2, 0) is 19.1 Å². The molecule has 1 saturated carbocycles. The van der Waals surface area contributed by atoms with E-state index >= 15 is 0 Å². The number of phenolic OH excluding ortho intramolecular Hbond substituents is 1. The number of hydrogen-bond acceptors (Lipinski definition) is 6. The molecule has 1 aliphatic carbocycles. The minimum Gasteiger partial charge on any atom is -0.505 e. The molecule has 0 aromatic heterocycles. The molecule has 29 heavy (non-hydrogen) atoms. The fourth-order valence-corrected chi connectivity index (χ4v) is 5.32. The Morgan fingerprint density at radius 3 is 2.72 bits per heavy atom. The molecule has 2 heterocycles. The molecular formula is C21H26FNO6. The lowest BCUT2D eigenvalue weighted by atomic mass is 9.64. The topological polar surface area (TPSA) is 96.3 Å². The molecule has 3 aliphatic rings. The van der Waals surface area contributed by atoms with Crippen molar-refractivity contribution in [2.24, 2.45) is 23.7 Å². The number of aromatic hydroxyl groups is 1. The van der Waals surface area contributed by atoms with Crippen molar-refractivity contribution in [3.8, 4) is 5.75 Å². The van der Waals surface area contributed by atoms with Crippen LogP contribution in [0.5, 0.6) is 5.75 Å². The van der Waals surface area contributed by atoms with Crippen molar-refractivity contribution in [2.45, 2.75) is 38.1 Å². The van der Waals surface area contributed by atoms with Gasteiger partial charge in [0.15, 0.2) is 17.4 Å². The lowest BCUT2D eigenvalue weighted by molar-refractivity contribution is -0.275. The van der Waals surface area contributed by atoms with Gasteiger partial charge in [-0.05, 0) is 37.0 Å². The van der Waals surface area contributed by atoms with Gasteiger partial charge in [-0.1, -0.05) is 13.0 Å². The summed E-state index contributed by atoms with van der Waals surface area (Å²) in [5, 5.41) is 21.0. The summed E-state index contributed by atoms with van der Waals surface area (Å²) in [6.07, 6.45) is 0.592. The van der Waals surface area contributed by atoms with Gasteiger partial charge in [0.2, 0.25) is 11.8 Å². The normalized spacial score (nSPS) is 36.4. The Morgan fingerprint density at radius 1 is 1.31 bits per heavy atom. The van der Waals surface area contributed by atoms with Crippen molar-refractivity contribution in [2.75, 3.05) is 20.3 Å². The summed E-state index contributed by atoms with van der Waals surface area (Å²) >= 11 is 0. The third kappa shape index (κ3) is 3.05. The van der Waals surface area contributed by atoms with E-state index < -0.39 is 47.1 Å². The molecule has 2 aliphatic heterocycles. The Morgan fingerprint density at radius 2 is 2.07 bits per heavy atom. The molecule has 158 valence electrons. The zero-order chi connectivity index (χ0) is 20.9. The van der Waals surface area contributed by atoms with E-state index in [0.717, 1.165) is 0 Å². The van der Waals surface area contributed by atoms with Crippen LogP contribution in [0.4, 0.5) is 4.39 Å². The minimum absolute atomic E-state index is 0.183. The van der Waals surface area contributed by atoms with E-state index in [9.17, 15) is 24.2 Å². The molecule has 0 spiro atoms. The number of halogens is 1. The van der Waals surface area contributed by atoms with Gasteiger partial charge in [0.05, 0.1) is 24.5 Å². The number of aliphatic hydroxyl groups is 1. The zero-order valence-corrected chi connectivity index (χ0v) is 16.5. The highest BCUT2D eigenvalue weighted by Crippen LogP contribution is 2.58. The molecule has 0 unspecified atom stereocenters. The number of benzene rings is 1. The highest BCUT2D eigenvalue weighted by atomic mass is 19.1. The quantitative estimate of drug-likeness (QED) is 0.725. The third-order valence-electron chi connectivity index (χ3n) is 6.61. The van der Waals surface area contributed by atoms with E-state index in [1.54, 1.807) is 0 Å². The van der Waals surface area contributed by atoms with E-state index in [1.807, 2.05) is 6.92 Å². The molecule has 6 atom stereocenters. The number of ether oxygens (including phenoxy) is 2. The van der Waals surface area contributed by atoms with Crippen LogP contribution < -0.4 is 0 Å². The van der Waals surface area contributed by atoms with Crippen LogP contribution in [0.3, 0.4) is 0 Å². The van der Waals surface area contributed by atoms with Crippen LogP contribution >= 0.6 is 0 Å². The smallest absolute Gasteiger partial charge is 0.233 e. The number of nitrogens with zero attached hydrogens (tertiary/aromatic N) is 1. The van der Waals surface area contributed by atoms with Crippen molar-refractivity contribution in [3.05, 3.63) is 29.6 Å². The number of amides is 2. The summed E-state index contributed by atoms with van der Waals surface area (Å²) in [5.74, 6) is -5.57. The number of imide groups is 1. The monoisotopic (exact) mass is 407 g/mol. The largest absolute Gasteiger partial charge is 0.505 e. The van der Waals surface area contributed by atoms with Crippen molar-refractivity contribution in [1.82, 2.24) is 4.90 Å². The van der Waals surface area contributed by atoms with Crippen LogP contribution in [0.25, 0.3) is 0 Å². The molecule has 2 amide bonds. The summed E-state index contributed by atoms with van der Waals surface area (Å²) in [7, 11) is 1.51.